The first-order valence-electron chi connectivity index (χ1n) is 6.20. The van der Waals surface area contributed by atoms with Crippen LogP contribution in [-0.2, 0) is 0 Å². The highest BCUT2D eigenvalue weighted by Gasteiger charge is 2.22. The number of nitrogens with zero attached hydrogens (tertiary/aromatic N) is 2. The highest BCUT2D eigenvalue weighted by molar-refractivity contribution is 7.80. The molecule has 1 aliphatic heterocycles. The summed E-state index contributed by atoms with van der Waals surface area (Å²) in [6.45, 7) is 7.62. The lowest BCUT2D eigenvalue weighted by molar-refractivity contribution is 0.266. The fourth-order valence-corrected chi connectivity index (χ4v) is 2.19. The molecule has 1 aliphatic rings. The first kappa shape index (κ1) is 13.7. The lowest BCUT2D eigenvalue weighted by Crippen LogP contribution is -2.44. The molecule has 3 nitrogen and oxygen atoms in total. The van der Waals surface area contributed by atoms with E-state index in [-0.39, 0.29) is 0 Å². The molecule has 1 fully saturated rings. The van der Waals surface area contributed by atoms with E-state index in [4.69, 9.17) is 12.2 Å². The fourth-order valence-electron chi connectivity index (χ4n) is 2.04. The summed E-state index contributed by atoms with van der Waals surface area (Å²) in [5.74, 6) is 0.639. The van der Waals surface area contributed by atoms with Crippen LogP contribution in [0.5, 0.6) is 0 Å². The second-order valence-corrected chi connectivity index (χ2v) is 5.62. The van der Waals surface area contributed by atoms with Crippen molar-refractivity contribution >= 4 is 17.3 Å². The van der Waals surface area contributed by atoms with Crippen molar-refractivity contribution in [3.05, 3.63) is 0 Å². The number of likely N-dealkylation sites (tertiary alicyclic amines) is 1. The quantitative estimate of drug-likeness (QED) is 0.755. The van der Waals surface area contributed by atoms with Crippen LogP contribution in [0.25, 0.3) is 0 Å². The molecule has 0 bridgehead atoms. The average Bonchev–Trinajstić information content (AvgIpc) is 2.60. The van der Waals surface area contributed by atoms with E-state index in [9.17, 15) is 0 Å². The Kier molecular flexibility index (Phi) is 5.49. The first-order chi connectivity index (χ1) is 7.50. The van der Waals surface area contributed by atoms with Crippen molar-refractivity contribution in [2.75, 3.05) is 33.7 Å². The molecule has 1 N–H and O–H groups in total. The van der Waals surface area contributed by atoms with E-state index in [1.165, 1.54) is 19.4 Å². The Morgan fingerprint density at radius 1 is 1.56 bits per heavy atom. The second kappa shape index (κ2) is 6.40. The third kappa shape index (κ3) is 4.26. The third-order valence-corrected chi connectivity index (χ3v) is 3.62. The zero-order valence-corrected chi connectivity index (χ0v) is 11.8. The highest BCUT2D eigenvalue weighted by Crippen LogP contribution is 2.15. The van der Waals surface area contributed by atoms with Crippen LogP contribution in [0.15, 0.2) is 0 Å². The van der Waals surface area contributed by atoms with Gasteiger partial charge < -0.3 is 15.1 Å². The SMILES string of the molecule is CC(C)CNC(=S)N(C)CC1CCCN1C. The number of hydrogen-bond acceptors (Lipinski definition) is 2. The van der Waals surface area contributed by atoms with Crippen LogP contribution >= 0.6 is 12.2 Å². The fraction of sp³-hybridized carbons (Fsp3) is 0.917. The van der Waals surface area contributed by atoms with Gasteiger partial charge in [0.25, 0.3) is 0 Å². The Morgan fingerprint density at radius 2 is 2.25 bits per heavy atom. The van der Waals surface area contributed by atoms with E-state index >= 15 is 0 Å². The molecule has 0 aromatic heterocycles. The van der Waals surface area contributed by atoms with Gasteiger partial charge in [0.1, 0.15) is 0 Å². The van der Waals surface area contributed by atoms with Gasteiger partial charge in [-0.3, -0.25) is 0 Å². The zero-order valence-electron chi connectivity index (χ0n) is 11.0. The van der Waals surface area contributed by atoms with Crippen LogP contribution in [0, 0.1) is 5.92 Å². The molecule has 0 aromatic carbocycles. The van der Waals surface area contributed by atoms with Gasteiger partial charge in [-0.2, -0.15) is 0 Å². The van der Waals surface area contributed by atoms with Gasteiger partial charge in [-0.15, -0.1) is 0 Å². The Bertz CT molecular complexity index is 230. The Balaban J connectivity index is 2.28. The van der Waals surface area contributed by atoms with E-state index in [0.29, 0.717) is 12.0 Å². The van der Waals surface area contributed by atoms with E-state index < -0.39 is 0 Å². The molecular formula is C12H25N3S. The van der Waals surface area contributed by atoms with E-state index in [2.05, 4.69) is 43.1 Å². The van der Waals surface area contributed by atoms with Gasteiger partial charge in [-0.05, 0) is 44.6 Å². The molecule has 0 amide bonds. The minimum absolute atomic E-state index is 0.639. The molecular weight excluding hydrogens is 218 g/mol. The van der Waals surface area contributed by atoms with Crippen LogP contribution in [0.2, 0.25) is 0 Å². The van der Waals surface area contributed by atoms with Crippen molar-refractivity contribution in [2.24, 2.45) is 5.92 Å². The van der Waals surface area contributed by atoms with Crippen molar-refractivity contribution < 1.29 is 0 Å². The topological polar surface area (TPSA) is 18.5 Å². The summed E-state index contributed by atoms with van der Waals surface area (Å²) in [5.41, 5.74) is 0. The number of nitrogens with one attached hydrogen (secondary N) is 1. The maximum atomic E-state index is 5.36. The molecule has 1 unspecified atom stereocenters. The minimum atomic E-state index is 0.639. The highest BCUT2D eigenvalue weighted by atomic mass is 32.1. The summed E-state index contributed by atoms with van der Waals surface area (Å²) in [4.78, 5) is 4.60. The second-order valence-electron chi connectivity index (χ2n) is 5.24. The van der Waals surface area contributed by atoms with Crippen molar-refractivity contribution in [2.45, 2.75) is 32.7 Å². The standard InChI is InChI=1S/C12H25N3S/c1-10(2)8-13-12(16)15(4)9-11-6-5-7-14(11)3/h10-11H,5-9H2,1-4H3,(H,13,16). The lowest BCUT2D eigenvalue weighted by atomic mass is 10.2. The maximum absolute atomic E-state index is 5.36. The molecule has 94 valence electrons. The van der Waals surface area contributed by atoms with Gasteiger partial charge >= 0.3 is 0 Å². The summed E-state index contributed by atoms with van der Waals surface area (Å²) < 4.78 is 0. The van der Waals surface area contributed by atoms with E-state index in [0.717, 1.165) is 18.2 Å². The Hall–Kier alpha value is -0.350. The van der Waals surface area contributed by atoms with Crippen molar-refractivity contribution in [1.82, 2.24) is 15.1 Å². The Labute approximate surface area is 105 Å². The summed E-state index contributed by atoms with van der Waals surface area (Å²) >= 11 is 5.36. The van der Waals surface area contributed by atoms with Gasteiger partial charge in [0.15, 0.2) is 5.11 Å². The van der Waals surface area contributed by atoms with Crippen LogP contribution in [0.3, 0.4) is 0 Å². The maximum Gasteiger partial charge on any atom is 0.168 e. The van der Waals surface area contributed by atoms with Gasteiger partial charge in [-0.25, -0.2) is 0 Å². The summed E-state index contributed by atoms with van der Waals surface area (Å²) in [7, 11) is 4.29. The van der Waals surface area contributed by atoms with Gasteiger partial charge in [0.2, 0.25) is 0 Å². The average molecular weight is 243 g/mol. The molecule has 16 heavy (non-hydrogen) atoms. The van der Waals surface area contributed by atoms with E-state index in [1.54, 1.807) is 0 Å². The zero-order chi connectivity index (χ0) is 12.1. The molecule has 1 rings (SSSR count). The lowest BCUT2D eigenvalue weighted by Gasteiger charge is -2.28. The molecule has 4 heteroatoms. The number of thiocarbonyl (C=S) groups is 1. The van der Waals surface area contributed by atoms with Gasteiger partial charge in [0.05, 0.1) is 0 Å². The van der Waals surface area contributed by atoms with Crippen LogP contribution in [0.1, 0.15) is 26.7 Å². The molecule has 1 saturated heterocycles. The van der Waals surface area contributed by atoms with Gasteiger partial charge in [-0.1, -0.05) is 13.8 Å². The minimum Gasteiger partial charge on any atom is -0.362 e. The summed E-state index contributed by atoms with van der Waals surface area (Å²) in [6, 6.07) is 0.670. The van der Waals surface area contributed by atoms with Crippen LogP contribution in [-0.4, -0.2) is 54.7 Å². The predicted octanol–water partition coefficient (Wildman–Crippen LogP) is 1.54. The molecule has 1 heterocycles. The third-order valence-electron chi connectivity index (χ3n) is 3.16. The van der Waals surface area contributed by atoms with E-state index in [1.807, 2.05) is 0 Å². The van der Waals surface area contributed by atoms with Crippen molar-refractivity contribution in [1.29, 1.82) is 0 Å². The summed E-state index contributed by atoms with van der Waals surface area (Å²) in [6.07, 6.45) is 2.62. The molecule has 0 radical (unpaired) electrons. The van der Waals surface area contributed by atoms with Crippen molar-refractivity contribution in [3.8, 4) is 0 Å². The molecule has 0 aromatic rings. The predicted molar refractivity (Wildman–Crippen MR) is 73.7 cm³/mol. The normalized spacial score (nSPS) is 21.4. The number of rotatable bonds is 4. The van der Waals surface area contributed by atoms with Crippen molar-refractivity contribution in [3.63, 3.8) is 0 Å². The smallest absolute Gasteiger partial charge is 0.168 e. The van der Waals surface area contributed by atoms with Gasteiger partial charge in [0, 0.05) is 26.2 Å². The number of likely N-dealkylation sites (N-methyl/N-ethyl adjacent to an activating group) is 2. The van der Waals surface area contributed by atoms with Crippen LogP contribution < -0.4 is 5.32 Å². The first-order valence-corrected chi connectivity index (χ1v) is 6.60. The molecule has 0 aliphatic carbocycles. The largest absolute Gasteiger partial charge is 0.362 e. The van der Waals surface area contributed by atoms with Crippen LogP contribution in [0.4, 0.5) is 0 Å². The Morgan fingerprint density at radius 3 is 2.75 bits per heavy atom. The molecule has 1 atom stereocenters. The molecule has 0 saturated carbocycles. The number of hydrogen-bond donors (Lipinski definition) is 1. The monoisotopic (exact) mass is 243 g/mol. The molecule has 0 spiro atoms. The summed E-state index contributed by atoms with van der Waals surface area (Å²) in [5, 5.41) is 4.19.